The second-order valence-corrected chi connectivity index (χ2v) is 5.13. The van der Waals surface area contributed by atoms with Gasteiger partial charge in [-0.3, -0.25) is 9.59 Å². The number of thiol groups is 1. The Hall–Kier alpha value is -0.710. The molecule has 0 spiro atoms. The molecule has 0 bridgehead atoms. The quantitative estimate of drug-likeness (QED) is 0.483. The van der Waals surface area contributed by atoms with E-state index in [1.54, 1.807) is 0 Å². The van der Waals surface area contributed by atoms with Crippen LogP contribution in [0.1, 0.15) is 33.6 Å². The van der Waals surface area contributed by atoms with Crippen molar-refractivity contribution in [2.45, 2.75) is 33.6 Å². The van der Waals surface area contributed by atoms with Gasteiger partial charge >= 0.3 is 0 Å². The van der Waals surface area contributed by atoms with Gasteiger partial charge in [-0.1, -0.05) is 20.8 Å². The Balaban J connectivity index is 3.54. The summed E-state index contributed by atoms with van der Waals surface area (Å²) in [6, 6.07) is 0. The average molecular weight is 246 g/mol. The molecule has 0 heterocycles. The van der Waals surface area contributed by atoms with Crippen LogP contribution in [0.5, 0.6) is 0 Å². The lowest BCUT2D eigenvalue weighted by molar-refractivity contribution is -0.128. The molecule has 0 saturated carbocycles. The fourth-order valence-electron chi connectivity index (χ4n) is 0.971. The van der Waals surface area contributed by atoms with Crippen molar-refractivity contribution < 1.29 is 9.59 Å². The Morgan fingerprint density at radius 2 is 1.69 bits per heavy atom. The molecule has 0 aromatic carbocycles. The van der Waals surface area contributed by atoms with Gasteiger partial charge in [-0.2, -0.15) is 12.6 Å². The second kappa shape index (κ2) is 7.54. The number of hydrogen-bond donors (Lipinski definition) is 3. The molecule has 2 amide bonds. The third-order valence-electron chi connectivity index (χ3n) is 1.98. The first kappa shape index (κ1) is 15.3. The zero-order chi connectivity index (χ0) is 12.6. The van der Waals surface area contributed by atoms with Crippen molar-refractivity contribution in [3.05, 3.63) is 0 Å². The van der Waals surface area contributed by atoms with Crippen LogP contribution in [0.25, 0.3) is 0 Å². The third-order valence-corrected chi connectivity index (χ3v) is 2.29. The summed E-state index contributed by atoms with van der Waals surface area (Å²) in [7, 11) is 0. The van der Waals surface area contributed by atoms with E-state index < -0.39 is 0 Å². The number of nitrogens with one attached hydrogen (secondary N) is 2. The molecule has 0 aliphatic carbocycles. The zero-order valence-corrected chi connectivity index (χ0v) is 11.2. The van der Waals surface area contributed by atoms with Crippen molar-refractivity contribution in [1.29, 1.82) is 0 Å². The molecule has 0 atom stereocenters. The summed E-state index contributed by atoms with van der Waals surface area (Å²) in [5.41, 5.74) is -0.379. The van der Waals surface area contributed by atoms with Crippen molar-refractivity contribution in [2.75, 3.05) is 18.8 Å². The minimum atomic E-state index is -0.379. The number of hydrogen-bond acceptors (Lipinski definition) is 3. The van der Waals surface area contributed by atoms with Gasteiger partial charge in [0, 0.05) is 24.9 Å². The molecule has 0 aromatic heterocycles. The lowest BCUT2D eigenvalue weighted by Gasteiger charge is -2.17. The van der Waals surface area contributed by atoms with Crippen molar-refractivity contribution in [2.24, 2.45) is 5.41 Å². The summed E-state index contributed by atoms with van der Waals surface area (Å²) >= 11 is 4.03. The maximum Gasteiger partial charge on any atom is 0.225 e. The minimum Gasteiger partial charge on any atom is -0.354 e. The SMILES string of the molecule is CC(C)(C)C(=O)NCCNC(=O)CCCS. The molecule has 0 fully saturated rings. The number of carbonyl (C=O) groups is 2. The highest BCUT2D eigenvalue weighted by Gasteiger charge is 2.20. The summed E-state index contributed by atoms with van der Waals surface area (Å²) < 4.78 is 0. The van der Waals surface area contributed by atoms with Gasteiger partial charge in [-0.25, -0.2) is 0 Å². The smallest absolute Gasteiger partial charge is 0.225 e. The van der Waals surface area contributed by atoms with E-state index in [2.05, 4.69) is 23.3 Å². The van der Waals surface area contributed by atoms with E-state index in [4.69, 9.17) is 0 Å². The molecule has 5 heteroatoms. The monoisotopic (exact) mass is 246 g/mol. The van der Waals surface area contributed by atoms with Gasteiger partial charge < -0.3 is 10.6 Å². The van der Waals surface area contributed by atoms with Gasteiger partial charge in [0.2, 0.25) is 11.8 Å². The molecule has 0 unspecified atom stereocenters. The van der Waals surface area contributed by atoms with Crippen LogP contribution in [0, 0.1) is 5.41 Å². The van der Waals surface area contributed by atoms with Crippen molar-refractivity contribution >= 4 is 24.4 Å². The van der Waals surface area contributed by atoms with E-state index in [1.165, 1.54) is 0 Å². The Morgan fingerprint density at radius 3 is 2.19 bits per heavy atom. The molecule has 0 aliphatic heterocycles. The molecule has 94 valence electrons. The molecule has 0 aliphatic rings. The summed E-state index contributed by atoms with van der Waals surface area (Å²) in [4.78, 5) is 22.6. The first-order chi connectivity index (χ1) is 7.38. The average Bonchev–Trinajstić information content (AvgIpc) is 2.19. The number of amides is 2. The Kier molecular flexibility index (Phi) is 7.21. The van der Waals surface area contributed by atoms with Gasteiger partial charge in [-0.15, -0.1) is 0 Å². The molecule has 0 rings (SSSR count). The zero-order valence-electron chi connectivity index (χ0n) is 10.3. The summed E-state index contributed by atoms with van der Waals surface area (Å²) in [6.07, 6.45) is 1.28. The standard InChI is InChI=1S/C11H22N2O2S/c1-11(2,3)10(15)13-7-6-12-9(14)5-4-8-16/h16H,4-8H2,1-3H3,(H,12,14)(H,13,15). The van der Waals surface area contributed by atoms with E-state index in [-0.39, 0.29) is 17.2 Å². The molecule has 0 radical (unpaired) electrons. The third kappa shape index (κ3) is 7.56. The van der Waals surface area contributed by atoms with Crippen LogP contribution in [0.3, 0.4) is 0 Å². The molecule has 2 N–H and O–H groups in total. The van der Waals surface area contributed by atoms with Gasteiger partial charge in [0.25, 0.3) is 0 Å². The maximum absolute atomic E-state index is 11.4. The van der Waals surface area contributed by atoms with E-state index in [0.29, 0.717) is 25.3 Å². The van der Waals surface area contributed by atoms with E-state index in [9.17, 15) is 9.59 Å². The number of rotatable bonds is 6. The van der Waals surface area contributed by atoms with Gasteiger partial charge in [0.05, 0.1) is 0 Å². The van der Waals surface area contributed by atoms with E-state index >= 15 is 0 Å². The van der Waals surface area contributed by atoms with E-state index in [0.717, 1.165) is 6.42 Å². The predicted molar refractivity (Wildman–Crippen MR) is 68.6 cm³/mol. The summed E-state index contributed by atoms with van der Waals surface area (Å²) in [5, 5.41) is 5.50. The Bertz CT molecular complexity index is 237. The fraction of sp³-hybridized carbons (Fsp3) is 0.818. The van der Waals surface area contributed by atoms with Crippen LogP contribution in [0.15, 0.2) is 0 Å². The largest absolute Gasteiger partial charge is 0.354 e. The van der Waals surface area contributed by atoms with Crippen LogP contribution in [0.2, 0.25) is 0 Å². The summed E-state index contributed by atoms with van der Waals surface area (Å²) in [5.74, 6) is 0.727. The lowest BCUT2D eigenvalue weighted by atomic mass is 9.96. The second-order valence-electron chi connectivity index (χ2n) is 4.68. The van der Waals surface area contributed by atoms with Crippen molar-refractivity contribution in [3.8, 4) is 0 Å². The highest BCUT2D eigenvalue weighted by Crippen LogP contribution is 2.11. The summed E-state index contributed by atoms with van der Waals surface area (Å²) in [6.45, 7) is 6.52. The lowest BCUT2D eigenvalue weighted by Crippen LogP contribution is -2.39. The van der Waals surface area contributed by atoms with Crippen LogP contribution in [-0.4, -0.2) is 30.7 Å². The minimum absolute atomic E-state index is 0.00268. The van der Waals surface area contributed by atoms with Crippen LogP contribution >= 0.6 is 12.6 Å². The van der Waals surface area contributed by atoms with E-state index in [1.807, 2.05) is 20.8 Å². The first-order valence-electron chi connectivity index (χ1n) is 5.54. The van der Waals surface area contributed by atoms with Gasteiger partial charge in [0.15, 0.2) is 0 Å². The number of carbonyl (C=O) groups excluding carboxylic acids is 2. The highest BCUT2D eigenvalue weighted by molar-refractivity contribution is 7.80. The topological polar surface area (TPSA) is 58.2 Å². The molecular formula is C11H22N2O2S. The Morgan fingerprint density at radius 1 is 1.12 bits per heavy atom. The fourth-order valence-corrected chi connectivity index (χ4v) is 1.13. The van der Waals surface area contributed by atoms with Crippen LogP contribution < -0.4 is 10.6 Å². The van der Waals surface area contributed by atoms with Gasteiger partial charge in [0.1, 0.15) is 0 Å². The molecule has 16 heavy (non-hydrogen) atoms. The van der Waals surface area contributed by atoms with Crippen molar-refractivity contribution in [3.63, 3.8) is 0 Å². The predicted octanol–water partition coefficient (Wildman–Crippen LogP) is 0.975. The van der Waals surface area contributed by atoms with Gasteiger partial charge in [-0.05, 0) is 12.2 Å². The molecule has 0 saturated heterocycles. The maximum atomic E-state index is 11.4. The van der Waals surface area contributed by atoms with Crippen LogP contribution in [0.4, 0.5) is 0 Å². The molecule has 4 nitrogen and oxygen atoms in total. The Labute approximate surface area is 103 Å². The molecular weight excluding hydrogens is 224 g/mol. The molecule has 0 aromatic rings. The van der Waals surface area contributed by atoms with Crippen LogP contribution in [-0.2, 0) is 9.59 Å². The first-order valence-corrected chi connectivity index (χ1v) is 6.17. The normalized spacial score (nSPS) is 11.0. The van der Waals surface area contributed by atoms with Crippen molar-refractivity contribution in [1.82, 2.24) is 10.6 Å². The highest BCUT2D eigenvalue weighted by atomic mass is 32.1.